The third-order valence-corrected chi connectivity index (χ3v) is 6.01. The zero-order valence-electron chi connectivity index (χ0n) is 18.8. The van der Waals surface area contributed by atoms with Crippen LogP contribution in [-0.2, 0) is 6.42 Å². The molecule has 0 radical (unpaired) electrons. The van der Waals surface area contributed by atoms with Crippen LogP contribution in [-0.4, -0.2) is 39.8 Å². The first-order chi connectivity index (χ1) is 16.1. The number of Topliss-reactive ketones (excluding diaryl/α,β-unsaturated/α-hetero) is 1. The number of hydrogen-bond acceptors (Lipinski definition) is 6. The molecule has 7 heteroatoms. The normalized spacial score (nSPS) is 15.7. The van der Waals surface area contributed by atoms with Crippen molar-refractivity contribution >= 4 is 17.5 Å². The van der Waals surface area contributed by atoms with Crippen molar-refractivity contribution in [3.63, 3.8) is 0 Å². The highest BCUT2D eigenvalue weighted by molar-refractivity contribution is 5.97. The Kier molecular flexibility index (Phi) is 5.38. The van der Waals surface area contributed by atoms with E-state index in [1.165, 1.54) is 0 Å². The number of methoxy groups -OCH3 is 2. The van der Waals surface area contributed by atoms with E-state index < -0.39 is 0 Å². The van der Waals surface area contributed by atoms with E-state index in [1.54, 1.807) is 18.7 Å². The van der Waals surface area contributed by atoms with Gasteiger partial charge in [-0.1, -0.05) is 48.6 Å². The van der Waals surface area contributed by atoms with Crippen LogP contribution in [0.3, 0.4) is 0 Å². The second-order valence-electron chi connectivity index (χ2n) is 8.12. The van der Waals surface area contributed by atoms with Gasteiger partial charge >= 0.3 is 0 Å². The number of fused-ring (bicyclic) bond motifs is 3. The molecule has 1 aliphatic rings. The van der Waals surface area contributed by atoms with E-state index in [9.17, 15) is 4.79 Å². The molecule has 166 valence electrons. The average molecular weight is 441 g/mol. The maximum atomic E-state index is 12.9. The van der Waals surface area contributed by atoms with Gasteiger partial charge < -0.3 is 9.47 Å². The predicted octanol–water partition coefficient (Wildman–Crippen LogP) is 4.58. The van der Waals surface area contributed by atoms with Gasteiger partial charge in [0.05, 0.1) is 31.2 Å². The molecule has 5 rings (SSSR count). The molecule has 0 unspecified atom stereocenters. The fourth-order valence-corrected chi connectivity index (χ4v) is 4.38. The molecule has 0 N–H and O–H groups in total. The standard InChI is InChI=1S/C26H24N4O3/c1-16-24(19-11-12-22(32-2)23(15-19)33-3)26-28-27-25-20(30(26)29-16)13-18(14-21(25)31)10-9-17-7-5-4-6-8-17/h4-12,15,18H,13-14H2,1-3H3/b10-9+/t18-/m1/s1. The van der Waals surface area contributed by atoms with Crippen molar-refractivity contribution in [2.24, 2.45) is 5.92 Å². The number of ketones is 1. The Morgan fingerprint density at radius 3 is 2.55 bits per heavy atom. The van der Waals surface area contributed by atoms with E-state index in [-0.39, 0.29) is 11.7 Å². The minimum absolute atomic E-state index is 0.00539. The Hall–Kier alpha value is -4.00. The molecule has 2 heterocycles. The Labute approximate surface area is 191 Å². The highest BCUT2D eigenvalue weighted by Crippen LogP contribution is 2.36. The molecule has 0 bridgehead atoms. The van der Waals surface area contributed by atoms with Crippen molar-refractivity contribution in [2.45, 2.75) is 19.8 Å². The number of ether oxygens (including phenoxy) is 2. The first-order valence-electron chi connectivity index (χ1n) is 10.8. The van der Waals surface area contributed by atoms with E-state index in [4.69, 9.17) is 14.6 Å². The van der Waals surface area contributed by atoms with Gasteiger partial charge in [-0.15, -0.1) is 10.2 Å². The summed E-state index contributed by atoms with van der Waals surface area (Å²) < 4.78 is 12.6. The third-order valence-electron chi connectivity index (χ3n) is 6.01. The molecule has 0 spiro atoms. The lowest BCUT2D eigenvalue weighted by atomic mass is 9.88. The Bertz CT molecular complexity index is 1380. The molecule has 7 nitrogen and oxygen atoms in total. The fourth-order valence-electron chi connectivity index (χ4n) is 4.38. The van der Waals surface area contributed by atoms with Crippen LogP contribution in [0.5, 0.6) is 11.5 Å². The van der Waals surface area contributed by atoms with Crippen LogP contribution in [0.1, 0.15) is 33.9 Å². The van der Waals surface area contributed by atoms with E-state index in [1.807, 2.05) is 55.5 Å². The van der Waals surface area contributed by atoms with Crippen molar-refractivity contribution in [3.05, 3.63) is 77.3 Å². The molecular formula is C26H24N4O3. The zero-order valence-corrected chi connectivity index (χ0v) is 18.8. The summed E-state index contributed by atoms with van der Waals surface area (Å²) in [6, 6.07) is 15.8. The van der Waals surface area contributed by atoms with Crippen LogP contribution in [0.15, 0.2) is 54.6 Å². The summed E-state index contributed by atoms with van der Waals surface area (Å²) in [6.45, 7) is 1.94. The molecule has 0 saturated heterocycles. The first-order valence-corrected chi connectivity index (χ1v) is 10.8. The first kappa shape index (κ1) is 20.9. The van der Waals surface area contributed by atoms with Gasteiger partial charge in [-0.05, 0) is 42.5 Å². The third kappa shape index (κ3) is 3.75. The molecule has 2 aromatic heterocycles. The number of allylic oxidation sites excluding steroid dienone is 1. The Balaban J connectivity index is 1.56. The molecule has 4 aromatic rings. The van der Waals surface area contributed by atoms with Gasteiger partial charge in [0.25, 0.3) is 0 Å². The van der Waals surface area contributed by atoms with E-state index in [0.717, 1.165) is 28.1 Å². The zero-order chi connectivity index (χ0) is 22.9. The van der Waals surface area contributed by atoms with Gasteiger partial charge in [-0.25, -0.2) is 4.52 Å². The van der Waals surface area contributed by atoms with Crippen LogP contribution >= 0.6 is 0 Å². The Morgan fingerprint density at radius 2 is 1.79 bits per heavy atom. The largest absolute Gasteiger partial charge is 0.493 e. The second kappa shape index (κ2) is 8.50. The monoisotopic (exact) mass is 440 g/mol. The van der Waals surface area contributed by atoms with Gasteiger partial charge in [-0.2, -0.15) is 5.10 Å². The van der Waals surface area contributed by atoms with Crippen LogP contribution < -0.4 is 9.47 Å². The lowest BCUT2D eigenvalue weighted by molar-refractivity contribution is 0.0950. The van der Waals surface area contributed by atoms with Gasteiger partial charge in [0, 0.05) is 6.42 Å². The van der Waals surface area contributed by atoms with Crippen LogP contribution in [0.25, 0.3) is 22.9 Å². The van der Waals surface area contributed by atoms with Gasteiger partial charge in [0.2, 0.25) is 0 Å². The number of aryl methyl sites for hydroxylation is 1. The molecular weight excluding hydrogens is 416 g/mol. The number of nitrogens with zero attached hydrogens (tertiary/aromatic N) is 4. The summed E-state index contributed by atoms with van der Waals surface area (Å²) in [5.74, 6) is 1.35. The van der Waals surface area contributed by atoms with Crippen molar-refractivity contribution < 1.29 is 14.3 Å². The molecule has 0 saturated carbocycles. The number of hydrogen-bond donors (Lipinski definition) is 0. The lowest BCUT2D eigenvalue weighted by Gasteiger charge is -2.20. The van der Waals surface area contributed by atoms with Crippen molar-refractivity contribution in [1.82, 2.24) is 19.8 Å². The van der Waals surface area contributed by atoms with Crippen LogP contribution in [0.4, 0.5) is 0 Å². The van der Waals surface area contributed by atoms with Gasteiger partial charge in [0.15, 0.2) is 28.6 Å². The number of aromatic nitrogens is 4. The maximum absolute atomic E-state index is 12.9. The maximum Gasteiger partial charge on any atom is 0.185 e. The summed E-state index contributed by atoms with van der Waals surface area (Å²) in [5.41, 5.74) is 5.51. The summed E-state index contributed by atoms with van der Waals surface area (Å²) in [6.07, 6.45) is 5.26. The van der Waals surface area contributed by atoms with E-state index >= 15 is 0 Å². The topological polar surface area (TPSA) is 78.6 Å². The molecule has 1 aliphatic carbocycles. The highest BCUT2D eigenvalue weighted by Gasteiger charge is 2.29. The van der Waals surface area contributed by atoms with Gasteiger partial charge in [-0.3, -0.25) is 4.79 Å². The molecule has 0 fully saturated rings. The fraction of sp³-hybridized carbons (Fsp3) is 0.231. The summed E-state index contributed by atoms with van der Waals surface area (Å²) >= 11 is 0. The van der Waals surface area contributed by atoms with E-state index in [0.29, 0.717) is 35.7 Å². The SMILES string of the molecule is COc1ccc(-c2c(C)nn3c4c(nnc23)C(=O)C[C@H](/C=C/c2ccccc2)C4)cc1OC. The quantitative estimate of drug-likeness (QED) is 0.452. The summed E-state index contributed by atoms with van der Waals surface area (Å²) in [4.78, 5) is 12.9. The van der Waals surface area contributed by atoms with E-state index in [2.05, 4.69) is 22.3 Å². The number of carbonyl (C=O) groups excluding carboxylic acids is 1. The second-order valence-corrected chi connectivity index (χ2v) is 8.12. The average Bonchev–Trinajstić information content (AvgIpc) is 3.19. The molecule has 0 aliphatic heterocycles. The number of benzene rings is 2. The smallest absolute Gasteiger partial charge is 0.185 e. The minimum atomic E-state index is -0.00539. The number of carbonyl (C=O) groups is 1. The molecule has 1 atom stereocenters. The minimum Gasteiger partial charge on any atom is -0.493 e. The Morgan fingerprint density at radius 1 is 1.00 bits per heavy atom. The van der Waals surface area contributed by atoms with Crippen LogP contribution in [0.2, 0.25) is 0 Å². The number of rotatable bonds is 5. The van der Waals surface area contributed by atoms with Crippen molar-refractivity contribution in [1.29, 1.82) is 0 Å². The molecule has 33 heavy (non-hydrogen) atoms. The lowest BCUT2D eigenvalue weighted by Crippen LogP contribution is -2.24. The predicted molar refractivity (Wildman–Crippen MR) is 126 cm³/mol. The molecule has 0 amide bonds. The molecule has 2 aromatic carbocycles. The summed E-state index contributed by atoms with van der Waals surface area (Å²) in [5, 5.41) is 13.5. The van der Waals surface area contributed by atoms with Crippen molar-refractivity contribution in [2.75, 3.05) is 14.2 Å². The van der Waals surface area contributed by atoms with Crippen molar-refractivity contribution in [3.8, 4) is 22.6 Å². The summed E-state index contributed by atoms with van der Waals surface area (Å²) in [7, 11) is 3.21. The van der Waals surface area contributed by atoms with Gasteiger partial charge in [0.1, 0.15) is 0 Å². The highest BCUT2D eigenvalue weighted by atomic mass is 16.5. The van der Waals surface area contributed by atoms with Crippen LogP contribution in [0, 0.1) is 12.8 Å².